The fraction of sp³-hybridized carbons (Fsp3) is 0.800. The van der Waals surface area contributed by atoms with E-state index >= 15 is 0 Å². The smallest absolute Gasteiger partial charge is 0.273 e. The van der Waals surface area contributed by atoms with Crippen LogP contribution in [0.1, 0.15) is 73.5 Å². The lowest BCUT2D eigenvalue weighted by Crippen LogP contribution is -2.56. The maximum absolute atomic E-state index is 13.4. The molecule has 160 valence electrons. The minimum absolute atomic E-state index is 0.00406. The van der Waals surface area contributed by atoms with E-state index < -0.39 is 10.0 Å². The fourth-order valence-corrected chi connectivity index (χ4v) is 7.88. The Kier molecular flexibility index (Phi) is 4.95. The van der Waals surface area contributed by atoms with E-state index in [9.17, 15) is 13.2 Å². The number of likely N-dealkylation sites (tertiary alicyclic amines) is 1. The SMILES string of the molecule is CN1CCC[C@H](S(=O)(=O)N2[C@@H]3CC[C@H]2CC(NC(=O)c2cc(C4CC4)on2)C3)C1. The summed E-state index contributed by atoms with van der Waals surface area (Å²) in [6.07, 6.45) is 7.01. The number of piperidine rings is 2. The van der Waals surface area contributed by atoms with E-state index in [0.29, 0.717) is 31.0 Å². The number of nitrogens with zero attached hydrogens (tertiary/aromatic N) is 3. The lowest BCUT2D eigenvalue weighted by Gasteiger charge is -2.41. The Bertz CT molecular complexity index is 867. The lowest BCUT2D eigenvalue weighted by molar-refractivity contribution is 0.0899. The number of fused-ring (bicyclic) bond motifs is 2. The van der Waals surface area contributed by atoms with Crippen LogP contribution in [0.3, 0.4) is 0 Å². The Hall–Kier alpha value is -1.45. The summed E-state index contributed by atoms with van der Waals surface area (Å²) < 4.78 is 33.8. The Morgan fingerprint density at radius 2 is 1.90 bits per heavy atom. The second kappa shape index (κ2) is 7.35. The van der Waals surface area contributed by atoms with Crippen molar-refractivity contribution >= 4 is 15.9 Å². The highest BCUT2D eigenvalue weighted by atomic mass is 32.2. The van der Waals surface area contributed by atoms with Gasteiger partial charge in [0.05, 0.1) is 5.25 Å². The zero-order chi connectivity index (χ0) is 20.2. The molecule has 1 saturated carbocycles. The summed E-state index contributed by atoms with van der Waals surface area (Å²) in [5.74, 6) is 1.01. The largest absolute Gasteiger partial charge is 0.360 e. The highest BCUT2D eigenvalue weighted by molar-refractivity contribution is 7.89. The molecule has 1 amide bonds. The van der Waals surface area contributed by atoms with Crippen LogP contribution in [0.15, 0.2) is 10.6 Å². The van der Waals surface area contributed by atoms with E-state index in [1.165, 1.54) is 0 Å². The van der Waals surface area contributed by atoms with Gasteiger partial charge in [0.15, 0.2) is 5.69 Å². The van der Waals surface area contributed by atoms with Crippen molar-refractivity contribution in [3.8, 4) is 0 Å². The number of nitrogens with one attached hydrogen (secondary N) is 1. The van der Waals surface area contributed by atoms with Crippen molar-refractivity contribution in [2.75, 3.05) is 20.1 Å². The first-order valence-electron chi connectivity index (χ1n) is 10.9. The molecule has 1 unspecified atom stereocenters. The third kappa shape index (κ3) is 3.72. The van der Waals surface area contributed by atoms with Gasteiger partial charge >= 0.3 is 0 Å². The molecule has 0 aromatic carbocycles. The minimum atomic E-state index is -3.31. The molecule has 1 N–H and O–H groups in total. The first-order chi connectivity index (χ1) is 13.9. The summed E-state index contributed by atoms with van der Waals surface area (Å²) in [4.78, 5) is 14.7. The van der Waals surface area contributed by atoms with Crippen molar-refractivity contribution in [1.29, 1.82) is 0 Å². The average molecular weight is 423 g/mol. The Balaban J connectivity index is 1.24. The quantitative estimate of drug-likeness (QED) is 0.776. The van der Waals surface area contributed by atoms with Gasteiger partial charge in [-0.25, -0.2) is 8.42 Å². The fourth-order valence-electron chi connectivity index (χ4n) is 5.42. The maximum atomic E-state index is 13.4. The normalized spacial score (nSPS) is 33.7. The van der Waals surface area contributed by atoms with Gasteiger partial charge in [-0.2, -0.15) is 4.31 Å². The van der Waals surface area contributed by atoms with Gasteiger partial charge in [-0.05, 0) is 65.0 Å². The first kappa shape index (κ1) is 19.5. The maximum Gasteiger partial charge on any atom is 0.273 e. The van der Waals surface area contributed by atoms with Gasteiger partial charge in [0.1, 0.15) is 5.76 Å². The molecule has 3 aliphatic heterocycles. The lowest BCUT2D eigenvalue weighted by atomic mass is 9.99. The van der Waals surface area contributed by atoms with Gasteiger partial charge in [-0.3, -0.25) is 4.79 Å². The molecular weight excluding hydrogens is 392 g/mol. The highest BCUT2D eigenvalue weighted by Crippen LogP contribution is 2.41. The molecule has 4 atom stereocenters. The van der Waals surface area contributed by atoms with Crippen LogP contribution < -0.4 is 5.32 Å². The van der Waals surface area contributed by atoms with E-state index in [0.717, 1.165) is 50.8 Å². The standard InChI is InChI=1S/C20H30N4O4S/c1-23-8-2-3-17(12-23)29(26,27)24-15-6-7-16(24)10-14(9-15)21-20(25)18-11-19(28-22-18)13-4-5-13/h11,13-17H,2-10,12H2,1H3,(H,21,25)/t14?,15-,16+,17-/m0/s1. The summed E-state index contributed by atoms with van der Waals surface area (Å²) in [5.41, 5.74) is 0.333. The molecule has 4 heterocycles. The second-order valence-corrected chi connectivity index (χ2v) is 11.4. The van der Waals surface area contributed by atoms with Crippen molar-refractivity contribution in [1.82, 2.24) is 19.7 Å². The predicted molar refractivity (Wildman–Crippen MR) is 107 cm³/mol. The molecule has 4 aliphatic rings. The average Bonchev–Trinajstić information content (AvgIpc) is 3.34. The van der Waals surface area contributed by atoms with Crippen LogP contribution in [0.2, 0.25) is 0 Å². The summed E-state index contributed by atoms with van der Waals surface area (Å²) in [6.45, 7) is 1.59. The van der Waals surface area contributed by atoms with Gasteiger partial charge in [0, 0.05) is 36.7 Å². The van der Waals surface area contributed by atoms with Crippen LogP contribution in [0.5, 0.6) is 0 Å². The second-order valence-electron chi connectivity index (χ2n) is 9.32. The van der Waals surface area contributed by atoms with E-state index in [1.807, 2.05) is 7.05 Å². The third-order valence-electron chi connectivity index (χ3n) is 7.04. The number of hydrogen-bond acceptors (Lipinski definition) is 6. The molecule has 5 rings (SSSR count). The highest BCUT2D eigenvalue weighted by Gasteiger charge is 2.49. The Morgan fingerprint density at radius 1 is 1.17 bits per heavy atom. The number of hydrogen-bond donors (Lipinski definition) is 1. The molecule has 1 aromatic heterocycles. The predicted octanol–water partition coefficient (Wildman–Crippen LogP) is 1.70. The van der Waals surface area contributed by atoms with Gasteiger partial charge in [0.2, 0.25) is 10.0 Å². The third-order valence-corrected chi connectivity index (χ3v) is 9.45. The van der Waals surface area contributed by atoms with Gasteiger partial charge in [0.25, 0.3) is 5.91 Å². The van der Waals surface area contributed by atoms with Crippen molar-refractivity contribution in [3.05, 3.63) is 17.5 Å². The Morgan fingerprint density at radius 3 is 2.55 bits per heavy atom. The van der Waals surface area contributed by atoms with Crippen LogP contribution in [0.4, 0.5) is 0 Å². The van der Waals surface area contributed by atoms with Crippen molar-refractivity contribution in [2.24, 2.45) is 0 Å². The van der Waals surface area contributed by atoms with E-state index in [-0.39, 0.29) is 29.3 Å². The first-order valence-corrected chi connectivity index (χ1v) is 12.4. The molecule has 29 heavy (non-hydrogen) atoms. The van der Waals surface area contributed by atoms with Crippen LogP contribution in [0.25, 0.3) is 0 Å². The van der Waals surface area contributed by atoms with E-state index in [2.05, 4.69) is 15.4 Å². The van der Waals surface area contributed by atoms with Gasteiger partial charge in [-0.15, -0.1) is 0 Å². The van der Waals surface area contributed by atoms with Gasteiger partial charge in [-0.1, -0.05) is 5.16 Å². The number of amides is 1. The minimum Gasteiger partial charge on any atom is -0.360 e. The molecular formula is C20H30N4O4S. The summed E-state index contributed by atoms with van der Waals surface area (Å²) in [6, 6.07) is 1.73. The van der Waals surface area contributed by atoms with Crippen molar-refractivity contribution in [2.45, 2.75) is 80.7 Å². The summed E-state index contributed by atoms with van der Waals surface area (Å²) in [5, 5.41) is 6.70. The number of carbonyl (C=O) groups excluding carboxylic acids is 1. The van der Waals surface area contributed by atoms with Crippen molar-refractivity contribution < 1.29 is 17.7 Å². The number of rotatable bonds is 5. The van der Waals surface area contributed by atoms with Crippen LogP contribution in [-0.2, 0) is 10.0 Å². The molecule has 2 bridgehead atoms. The molecule has 0 radical (unpaired) electrons. The molecule has 0 spiro atoms. The summed E-state index contributed by atoms with van der Waals surface area (Å²) in [7, 11) is -1.31. The number of carbonyl (C=O) groups is 1. The van der Waals surface area contributed by atoms with Gasteiger partial charge < -0.3 is 14.7 Å². The molecule has 8 nitrogen and oxygen atoms in total. The molecule has 9 heteroatoms. The molecule has 3 saturated heterocycles. The molecule has 4 fully saturated rings. The van der Waals surface area contributed by atoms with Crippen LogP contribution >= 0.6 is 0 Å². The van der Waals surface area contributed by atoms with Crippen LogP contribution in [-0.4, -0.2) is 72.2 Å². The Labute approximate surface area is 172 Å². The van der Waals surface area contributed by atoms with Crippen LogP contribution in [0, 0.1) is 0 Å². The number of aromatic nitrogens is 1. The monoisotopic (exact) mass is 422 g/mol. The summed E-state index contributed by atoms with van der Waals surface area (Å²) >= 11 is 0. The molecule has 1 aliphatic carbocycles. The van der Waals surface area contributed by atoms with E-state index in [4.69, 9.17) is 4.52 Å². The zero-order valence-corrected chi connectivity index (χ0v) is 17.7. The number of sulfonamides is 1. The zero-order valence-electron chi connectivity index (χ0n) is 16.9. The topological polar surface area (TPSA) is 95.8 Å². The van der Waals surface area contributed by atoms with E-state index in [1.54, 1.807) is 10.4 Å². The molecule has 1 aromatic rings. The van der Waals surface area contributed by atoms with Crippen molar-refractivity contribution in [3.63, 3.8) is 0 Å².